The minimum absolute atomic E-state index is 0.114. The van der Waals surface area contributed by atoms with E-state index in [1.807, 2.05) is 6.92 Å². The number of ether oxygens (including phenoxy) is 2. The molecular formula is C26H31F9O3. The van der Waals surface area contributed by atoms with E-state index in [1.54, 1.807) is 12.1 Å². The van der Waals surface area contributed by atoms with Crippen molar-refractivity contribution in [1.29, 1.82) is 0 Å². The summed E-state index contributed by atoms with van der Waals surface area (Å²) in [6.07, 6.45) is -14.1. The zero-order valence-corrected chi connectivity index (χ0v) is 21.9. The molecule has 1 N–H and O–H groups in total. The van der Waals surface area contributed by atoms with Crippen LogP contribution < -0.4 is 0 Å². The molecule has 3 nitrogen and oxygen atoms in total. The Morgan fingerprint density at radius 2 is 0.974 bits per heavy atom. The molecule has 3 unspecified atom stereocenters. The van der Waals surface area contributed by atoms with Gasteiger partial charge in [-0.25, -0.2) is 0 Å². The molecule has 0 saturated carbocycles. The molecule has 2 rings (SSSR count). The van der Waals surface area contributed by atoms with Gasteiger partial charge in [-0.15, -0.1) is 0 Å². The summed E-state index contributed by atoms with van der Waals surface area (Å²) in [4.78, 5) is 0. The largest absolute Gasteiger partial charge is 0.421 e. The molecule has 2 aromatic carbocycles. The van der Waals surface area contributed by atoms with Gasteiger partial charge in [0.1, 0.15) is 5.41 Å². The predicted octanol–water partition coefficient (Wildman–Crippen LogP) is 7.65. The Balaban J connectivity index is 0.000000415. The number of hydrogen-bond donors (Lipinski definition) is 1. The van der Waals surface area contributed by atoms with Crippen molar-refractivity contribution < 1.29 is 54.1 Å². The molecule has 0 heterocycles. The Bertz CT molecular complexity index is 1020. The van der Waals surface area contributed by atoms with Gasteiger partial charge in [0.15, 0.2) is 11.2 Å². The van der Waals surface area contributed by atoms with Crippen molar-refractivity contribution in [2.24, 2.45) is 0 Å². The van der Waals surface area contributed by atoms with Gasteiger partial charge < -0.3 is 14.6 Å². The number of hydrogen-bond acceptors (Lipinski definition) is 3. The lowest BCUT2D eigenvalue weighted by molar-refractivity contribution is -0.269. The van der Waals surface area contributed by atoms with Gasteiger partial charge in [0.2, 0.25) is 0 Å². The van der Waals surface area contributed by atoms with Crippen LogP contribution in [0.15, 0.2) is 42.5 Å². The van der Waals surface area contributed by atoms with Crippen LogP contribution in [0.5, 0.6) is 0 Å². The first-order valence-corrected chi connectivity index (χ1v) is 11.1. The Kier molecular flexibility index (Phi) is 10.1. The molecule has 0 saturated heterocycles. The van der Waals surface area contributed by atoms with Crippen LogP contribution in [0.2, 0.25) is 0 Å². The first-order chi connectivity index (χ1) is 17.0. The molecule has 0 spiro atoms. The van der Waals surface area contributed by atoms with Gasteiger partial charge in [-0.2, -0.15) is 39.5 Å². The third-order valence-corrected chi connectivity index (χ3v) is 6.71. The zero-order chi connectivity index (χ0) is 30.0. The maximum Gasteiger partial charge on any atom is 0.421 e. The molecule has 0 bridgehead atoms. The van der Waals surface area contributed by atoms with Crippen molar-refractivity contribution in [1.82, 2.24) is 0 Å². The highest BCUT2D eigenvalue weighted by Crippen LogP contribution is 2.46. The highest BCUT2D eigenvalue weighted by molar-refractivity contribution is 5.39. The van der Waals surface area contributed by atoms with Gasteiger partial charge in [-0.05, 0) is 51.3 Å². The minimum atomic E-state index is -4.82. The highest BCUT2D eigenvalue weighted by Gasteiger charge is 2.56. The summed E-state index contributed by atoms with van der Waals surface area (Å²) in [5.74, 6) is 0. The number of rotatable bonds is 6. The smallest absolute Gasteiger partial charge is 0.395 e. The Morgan fingerprint density at radius 3 is 1.32 bits per heavy atom. The normalized spacial score (nSPS) is 17.5. The average molecular weight is 563 g/mol. The minimum Gasteiger partial charge on any atom is -0.395 e. The molecule has 3 atom stereocenters. The molecule has 0 aliphatic rings. The van der Waals surface area contributed by atoms with Crippen LogP contribution in [-0.2, 0) is 26.1 Å². The van der Waals surface area contributed by atoms with Crippen LogP contribution in [0, 0.1) is 13.8 Å². The van der Waals surface area contributed by atoms with Gasteiger partial charge in [0.05, 0.1) is 6.61 Å². The molecule has 0 amide bonds. The van der Waals surface area contributed by atoms with E-state index in [1.165, 1.54) is 19.1 Å². The van der Waals surface area contributed by atoms with E-state index < -0.39 is 52.9 Å². The van der Waals surface area contributed by atoms with Crippen molar-refractivity contribution >= 4 is 0 Å². The molecule has 38 heavy (non-hydrogen) atoms. The van der Waals surface area contributed by atoms with Crippen LogP contribution >= 0.6 is 0 Å². The Morgan fingerprint density at radius 1 is 0.579 bits per heavy atom. The second-order valence-electron chi connectivity index (χ2n) is 9.41. The maximum atomic E-state index is 13.3. The maximum absolute atomic E-state index is 13.3. The number of aliphatic hydroxyl groups excluding tert-OH is 1. The average Bonchev–Trinajstić information content (AvgIpc) is 2.80. The summed E-state index contributed by atoms with van der Waals surface area (Å²) in [5, 5.41) is 9.20. The van der Waals surface area contributed by atoms with Crippen LogP contribution in [0.4, 0.5) is 39.5 Å². The molecule has 0 aliphatic carbocycles. The molecule has 0 aliphatic heterocycles. The van der Waals surface area contributed by atoms with Gasteiger partial charge in [-0.3, -0.25) is 0 Å². The lowest BCUT2D eigenvalue weighted by Gasteiger charge is -2.35. The van der Waals surface area contributed by atoms with E-state index in [0.29, 0.717) is 0 Å². The van der Waals surface area contributed by atoms with Crippen molar-refractivity contribution in [3.8, 4) is 0 Å². The van der Waals surface area contributed by atoms with Crippen molar-refractivity contribution in [2.75, 3.05) is 20.8 Å². The predicted molar refractivity (Wildman–Crippen MR) is 124 cm³/mol. The first kappa shape index (κ1) is 33.7. The van der Waals surface area contributed by atoms with E-state index >= 15 is 0 Å². The summed E-state index contributed by atoms with van der Waals surface area (Å²) >= 11 is 0. The Labute approximate surface area is 215 Å². The monoisotopic (exact) mass is 562 g/mol. The molecule has 216 valence electrons. The second kappa shape index (κ2) is 11.4. The fraction of sp³-hybridized carbons (Fsp3) is 0.538. The lowest BCUT2D eigenvalue weighted by atomic mass is 9.79. The standard InChI is InChI=1S/C15H18F6O2.C11H13F3O/c1-9-5-10(12(2,8-22)14(16,17)18)7-11(6-9)13(3,23-4)15(19,20)21;1-8-4-6-9(7-5-8)10(2,15-3)11(12,13)14/h5-7,22H,8H2,1-4H3;4-7H,1-3H3. The highest BCUT2D eigenvalue weighted by atomic mass is 19.4. The van der Waals surface area contributed by atoms with Crippen molar-refractivity contribution in [2.45, 2.75) is 69.8 Å². The van der Waals surface area contributed by atoms with E-state index in [4.69, 9.17) is 0 Å². The van der Waals surface area contributed by atoms with Crippen molar-refractivity contribution in [3.63, 3.8) is 0 Å². The van der Waals surface area contributed by atoms with E-state index in [2.05, 4.69) is 9.47 Å². The molecule has 0 fully saturated rings. The number of aliphatic hydroxyl groups is 1. The van der Waals surface area contributed by atoms with Gasteiger partial charge in [0, 0.05) is 14.2 Å². The lowest BCUT2D eigenvalue weighted by Crippen LogP contribution is -2.44. The number of methoxy groups -OCH3 is 2. The van der Waals surface area contributed by atoms with Crippen molar-refractivity contribution in [3.05, 3.63) is 70.3 Å². The number of alkyl halides is 9. The summed E-state index contributed by atoms with van der Waals surface area (Å²) < 4.78 is 127. The quantitative estimate of drug-likeness (QED) is 0.368. The SMILES string of the molecule is COC(C)(c1cc(C)cc(C(C)(CO)C(F)(F)F)c1)C(F)(F)F.COC(C)(c1ccc(C)cc1)C(F)(F)F. The third-order valence-electron chi connectivity index (χ3n) is 6.71. The van der Waals surface area contributed by atoms with E-state index in [0.717, 1.165) is 58.8 Å². The molecule has 2 aromatic rings. The summed E-state index contributed by atoms with van der Waals surface area (Å²) in [6.45, 7) is 4.43. The zero-order valence-electron chi connectivity index (χ0n) is 21.9. The fourth-order valence-corrected chi connectivity index (χ4v) is 3.39. The topological polar surface area (TPSA) is 38.7 Å². The molecule has 0 aromatic heterocycles. The molecular weight excluding hydrogens is 531 g/mol. The number of benzene rings is 2. The van der Waals surface area contributed by atoms with Gasteiger partial charge >= 0.3 is 18.5 Å². The van der Waals surface area contributed by atoms with Gasteiger partial charge in [-0.1, -0.05) is 53.6 Å². The van der Waals surface area contributed by atoms with Crippen LogP contribution in [0.3, 0.4) is 0 Å². The van der Waals surface area contributed by atoms with Crippen LogP contribution in [0.25, 0.3) is 0 Å². The first-order valence-electron chi connectivity index (χ1n) is 11.1. The second-order valence-corrected chi connectivity index (χ2v) is 9.41. The third kappa shape index (κ3) is 6.63. The summed E-state index contributed by atoms with van der Waals surface area (Å²) in [7, 11) is 1.90. The van der Waals surface area contributed by atoms with Crippen LogP contribution in [0.1, 0.15) is 48.6 Å². The Hall–Kier alpha value is -2.31. The van der Waals surface area contributed by atoms with E-state index in [9.17, 15) is 44.6 Å². The molecule has 12 heteroatoms. The van der Waals surface area contributed by atoms with Gasteiger partial charge in [0.25, 0.3) is 0 Å². The summed E-state index contributed by atoms with van der Waals surface area (Å²) in [5.41, 5.74) is -7.33. The van der Waals surface area contributed by atoms with Crippen LogP contribution in [-0.4, -0.2) is 44.5 Å². The van der Waals surface area contributed by atoms with E-state index in [-0.39, 0.29) is 11.1 Å². The number of halogens is 9. The fourth-order valence-electron chi connectivity index (χ4n) is 3.39. The number of aryl methyl sites for hydroxylation is 2. The molecule has 0 radical (unpaired) electrons. The summed E-state index contributed by atoms with van der Waals surface area (Å²) in [6, 6.07) is 9.16.